The number of thioether (sulfide) groups is 1. The van der Waals surface area contributed by atoms with Crippen LogP contribution in [0.4, 0.5) is 4.79 Å². The van der Waals surface area contributed by atoms with Crippen LogP contribution in [-0.4, -0.2) is 52.9 Å². The molecule has 6 N–H and O–H groups in total. The molecule has 1 amide bonds. The minimum atomic E-state index is -0.981. The van der Waals surface area contributed by atoms with Crippen molar-refractivity contribution in [2.45, 2.75) is 19.4 Å². The Balaban J connectivity index is -0.000000230. The maximum Gasteiger partial charge on any atom is 0.404 e. The number of hydrogen-bond donors (Lipinski definition) is 4. The molecule has 0 radical (unpaired) electrons. The average molecular weight is 310 g/mol. The summed E-state index contributed by atoms with van der Waals surface area (Å²) >= 11 is 1.60. The Bertz CT molecular complexity index is 299. The number of carboxylic acid groups (broad SMARTS) is 2. The number of carboxylic acids is 2. The Labute approximate surface area is 122 Å². The number of carbonyl (C=O) groups is 3. The van der Waals surface area contributed by atoms with Crippen LogP contribution in [0.5, 0.6) is 0 Å². The molecule has 20 heavy (non-hydrogen) atoms. The fourth-order valence-electron chi connectivity index (χ4n) is 0.511. The zero-order valence-electron chi connectivity index (χ0n) is 11.6. The van der Waals surface area contributed by atoms with Crippen molar-refractivity contribution in [3.63, 3.8) is 0 Å². The molecule has 0 aliphatic carbocycles. The summed E-state index contributed by atoms with van der Waals surface area (Å²) in [4.78, 5) is 28.9. The first kappa shape index (κ1) is 23.4. The summed E-state index contributed by atoms with van der Waals surface area (Å²) in [5.41, 5.74) is 9.73. The highest BCUT2D eigenvalue weighted by atomic mass is 32.2. The number of carbonyl (C=O) groups excluding carboxylic acids is 1. The van der Waals surface area contributed by atoms with Crippen molar-refractivity contribution < 1.29 is 29.3 Å². The molecule has 0 saturated heterocycles. The van der Waals surface area contributed by atoms with Crippen LogP contribution in [-0.2, 0) is 14.3 Å². The molecule has 118 valence electrons. The fourth-order valence-corrected chi connectivity index (χ4v) is 1.00. The molecule has 0 spiro atoms. The van der Waals surface area contributed by atoms with Gasteiger partial charge in [-0.25, -0.2) is 9.59 Å². The number of ether oxygens (including phenoxy) is 1. The third kappa shape index (κ3) is 29.9. The van der Waals surface area contributed by atoms with E-state index in [2.05, 4.69) is 17.0 Å². The summed E-state index contributed by atoms with van der Waals surface area (Å²) in [6.45, 7) is 5.02. The topological polar surface area (TPSA) is 153 Å². The van der Waals surface area contributed by atoms with Crippen LogP contribution < -0.4 is 11.5 Å². The maximum absolute atomic E-state index is 10.1. The molecule has 0 aliphatic heterocycles. The second-order valence-corrected chi connectivity index (χ2v) is 4.01. The molecule has 0 bridgehead atoms. The Kier molecular flexibility index (Phi) is 20.2. The van der Waals surface area contributed by atoms with Crippen LogP contribution in [0.25, 0.3) is 0 Å². The molecule has 0 aromatic heterocycles. The predicted molar refractivity (Wildman–Crippen MR) is 77.7 cm³/mol. The number of rotatable bonds is 6. The summed E-state index contributed by atoms with van der Waals surface area (Å²) in [5, 5.41) is 15.9. The van der Waals surface area contributed by atoms with E-state index in [4.69, 9.17) is 15.9 Å². The van der Waals surface area contributed by atoms with E-state index in [9.17, 15) is 14.4 Å². The van der Waals surface area contributed by atoms with Gasteiger partial charge in [-0.2, -0.15) is 11.8 Å². The highest BCUT2D eigenvalue weighted by Gasteiger charge is 2.08. The normalized spacial score (nSPS) is 9.75. The van der Waals surface area contributed by atoms with E-state index < -0.39 is 24.1 Å². The Hall–Kier alpha value is -1.74. The fraction of sp³-hybridized carbons (Fsp3) is 0.545. The lowest BCUT2D eigenvalue weighted by Crippen LogP contribution is -2.30. The molecule has 0 aromatic carbocycles. The highest BCUT2D eigenvalue weighted by molar-refractivity contribution is 7.98. The van der Waals surface area contributed by atoms with Crippen molar-refractivity contribution >= 4 is 29.8 Å². The van der Waals surface area contributed by atoms with Gasteiger partial charge in [-0.3, -0.25) is 4.79 Å². The summed E-state index contributed by atoms with van der Waals surface area (Å²) in [6.07, 6.45) is 2.60. The molecule has 0 aliphatic rings. The Morgan fingerprint density at radius 3 is 2.00 bits per heavy atom. The number of aliphatic carboxylic acids is 2. The molecular weight excluding hydrogens is 288 g/mol. The predicted octanol–water partition coefficient (Wildman–Crippen LogP) is 0.510. The van der Waals surface area contributed by atoms with Crippen LogP contribution in [0, 0.1) is 0 Å². The molecule has 0 rings (SSSR count). The van der Waals surface area contributed by atoms with Crippen molar-refractivity contribution in [1.29, 1.82) is 0 Å². The lowest BCUT2D eigenvalue weighted by Gasteiger charge is -2.02. The van der Waals surface area contributed by atoms with Crippen molar-refractivity contribution in [1.82, 2.24) is 0 Å². The van der Waals surface area contributed by atoms with Gasteiger partial charge in [0, 0.05) is 6.08 Å². The lowest BCUT2D eigenvalue weighted by molar-refractivity contribution is -0.138. The highest BCUT2D eigenvalue weighted by Crippen LogP contribution is 1.97. The first-order valence-electron chi connectivity index (χ1n) is 5.47. The second-order valence-electron chi connectivity index (χ2n) is 3.02. The van der Waals surface area contributed by atoms with Crippen LogP contribution in [0.15, 0.2) is 12.7 Å². The van der Waals surface area contributed by atoms with E-state index in [0.29, 0.717) is 13.0 Å². The van der Waals surface area contributed by atoms with Crippen molar-refractivity contribution in [3.8, 4) is 0 Å². The van der Waals surface area contributed by atoms with Crippen molar-refractivity contribution in [2.75, 3.05) is 18.6 Å². The number of nitrogens with two attached hydrogens (primary N) is 2. The van der Waals surface area contributed by atoms with Crippen LogP contribution in [0.3, 0.4) is 0 Å². The van der Waals surface area contributed by atoms with Crippen LogP contribution in [0.1, 0.15) is 13.3 Å². The third-order valence-corrected chi connectivity index (χ3v) is 2.06. The van der Waals surface area contributed by atoms with Gasteiger partial charge >= 0.3 is 18.0 Å². The van der Waals surface area contributed by atoms with Gasteiger partial charge in [0.15, 0.2) is 0 Å². The average Bonchev–Trinajstić information content (AvgIpc) is 2.36. The molecule has 0 aromatic rings. The number of primary amides is 1. The van der Waals surface area contributed by atoms with Gasteiger partial charge in [-0.1, -0.05) is 6.58 Å². The minimum Gasteiger partial charge on any atom is -0.480 e. The van der Waals surface area contributed by atoms with Gasteiger partial charge < -0.3 is 26.4 Å². The molecule has 0 unspecified atom stereocenters. The summed E-state index contributed by atoms with van der Waals surface area (Å²) in [6, 6.07) is -0.683. The van der Waals surface area contributed by atoms with Crippen molar-refractivity contribution in [3.05, 3.63) is 12.7 Å². The van der Waals surface area contributed by atoms with Gasteiger partial charge in [0.2, 0.25) is 0 Å². The largest absolute Gasteiger partial charge is 0.480 e. The molecule has 8 nitrogen and oxygen atoms in total. The molecule has 9 heteroatoms. The SMILES string of the molecule is C=CC(=O)O.CCOC(N)=O.CSCC[C@H](N)C(=O)O. The van der Waals surface area contributed by atoms with Crippen LogP contribution >= 0.6 is 11.8 Å². The molecule has 1 atom stereocenters. The molecule has 0 heterocycles. The Morgan fingerprint density at radius 2 is 1.85 bits per heavy atom. The van der Waals surface area contributed by atoms with Gasteiger partial charge in [-0.05, 0) is 25.4 Å². The second kappa shape index (κ2) is 17.3. The van der Waals surface area contributed by atoms with Gasteiger partial charge in [0.05, 0.1) is 6.61 Å². The number of hydrogen-bond acceptors (Lipinski definition) is 6. The summed E-state index contributed by atoms with van der Waals surface area (Å²) in [7, 11) is 0. The standard InChI is InChI=1S/C5H11NO2S.C3H7NO2.C3H4O2/c1-9-3-2-4(6)5(7)8;1-2-6-3(4)5;1-2-3(4)5/h4H,2-3,6H2,1H3,(H,7,8);2H2,1H3,(H2,4,5);2H,1H2,(H,4,5)/t4-;;/m0../s1. The van der Waals surface area contributed by atoms with E-state index in [-0.39, 0.29) is 0 Å². The van der Waals surface area contributed by atoms with Gasteiger partial charge in [0.1, 0.15) is 6.04 Å². The van der Waals surface area contributed by atoms with Crippen molar-refractivity contribution in [2.24, 2.45) is 11.5 Å². The van der Waals surface area contributed by atoms with Crippen LogP contribution in [0.2, 0.25) is 0 Å². The van der Waals surface area contributed by atoms with E-state index in [1.165, 1.54) is 0 Å². The minimum absolute atomic E-state index is 0.356. The number of amides is 1. The Morgan fingerprint density at radius 1 is 1.40 bits per heavy atom. The first-order chi connectivity index (χ1) is 9.22. The smallest absolute Gasteiger partial charge is 0.404 e. The molecule has 0 saturated carbocycles. The summed E-state index contributed by atoms with van der Waals surface area (Å²) in [5.74, 6) is -1.08. The summed E-state index contributed by atoms with van der Waals surface area (Å²) < 4.78 is 4.18. The monoisotopic (exact) mass is 310 g/mol. The van der Waals surface area contributed by atoms with E-state index >= 15 is 0 Å². The van der Waals surface area contributed by atoms with E-state index in [1.54, 1.807) is 18.7 Å². The third-order valence-electron chi connectivity index (χ3n) is 1.41. The molecule has 0 fully saturated rings. The maximum atomic E-state index is 10.1. The van der Waals surface area contributed by atoms with Gasteiger partial charge in [0.25, 0.3) is 0 Å². The van der Waals surface area contributed by atoms with E-state index in [0.717, 1.165) is 11.8 Å². The quantitative estimate of drug-likeness (QED) is 0.517. The molecular formula is C11H22N2O6S. The van der Waals surface area contributed by atoms with Gasteiger partial charge in [-0.15, -0.1) is 0 Å². The van der Waals surface area contributed by atoms with E-state index in [1.807, 2.05) is 6.26 Å². The lowest BCUT2D eigenvalue weighted by atomic mass is 10.2. The first-order valence-corrected chi connectivity index (χ1v) is 6.87. The zero-order chi connectivity index (χ0) is 16.6. The zero-order valence-corrected chi connectivity index (χ0v) is 12.4.